The highest BCUT2D eigenvalue weighted by atomic mass is 32.2. The van der Waals surface area contributed by atoms with Crippen molar-refractivity contribution in [3.8, 4) is 11.3 Å². The van der Waals surface area contributed by atoms with Crippen LogP contribution in [0.5, 0.6) is 0 Å². The Bertz CT molecular complexity index is 1660. The summed E-state index contributed by atoms with van der Waals surface area (Å²) in [5.41, 5.74) is 1.74. The highest BCUT2D eigenvalue weighted by Gasteiger charge is 2.48. The summed E-state index contributed by atoms with van der Waals surface area (Å²) < 4.78 is 47.6. The average Bonchev–Trinajstić information content (AvgIpc) is 3.33. The van der Waals surface area contributed by atoms with Gasteiger partial charge in [-0.3, -0.25) is 9.78 Å². The summed E-state index contributed by atoms with van der Waals surface area (Å²) in [5, 5.41) is 3.72. The van der Waals surface area contributed by atoms with Crippen LogP contribution in [0.2, 0.25) is 0 Å². The first-order chi connectivity index (χ1) is 18.8. The van der Waals surface area contributed by atoms with E-state index in [1.54, 1.807) is 18.3 Å². The Kier molecular flexibility index (Phi) is 6.33. The van der Waals surface area contributed by atoms with E-state index in [2.05, 4.69) is 15.3 Å². The minimum Gasteiger partial charge on any atom is -0.469 e. The fraction of sp³-hybridized carbons (Fsp3) is 0.357. The summed E-state index contributed by atoms with van der Waals surface area (Å²) in [7, 11) is -2.61. The van der Waals surface area contributed by atoms with Gasteiger partial charge in [-0.1, -0.05) is 17.7 Å². The van der Waals surface area contributed by atoms with E-state index in [0.717, 1.165) is 41.4 Å². The molecule has 3 saturated carbocycles. The Morgan fingerprint density at radius 1 is 1.08 bits per heavy atom. The third-order valence-corrected chi connectivity index (χ3v) is 9.74. The van der Waals surface area contributed by atoms with E-state index in [4.69, 9.17) is 9.72 Å². The first-order valence-corrected chi connectivity index (χ1v) is 14.4. The van der Waals surface area contributed by atoms with Crippen molar-refractivity contribution >= 4 is 32.8 Å². The zero-order valence-electron chi connectivity index (χ0n) is 21.5. The van der Waals surface area contributed by atoms with Crippen LogP contribution in [0.4, 0.5) is 10.2 Å². The lowest BCUT2D eigenvalue weighted by atomic mass is 9.61. The minimum absolute atomic E-state index is 0.0856. The Labute approximate surface area is 225 Å². The van der Waals surface area contributed by atoms with Crippen LogP contribution in [-0.4, -0.2) is 46.5 Å². The number of carbonyl (C=O) groups excluding carboxylic acids is 1. The van der Waals surface area contributed by atoms with Gasteiger partial charge in [-0.05, 0) is 62.6 Å². The molecule has 1 N–H and O–H groups in total. The van der Waals surface area contributed by atoms with Gasteiger partial charge in [-0.25, -0.2) is 26.7 Å². The first kappa shape index (κ1) is 25.4. The quantitative estimate of drug-likeness (QED) is 0.348. The third-order valence-electron chi connectivity index (χ3n) is 8.07. The number of benzene rings is 1. The number of aromatic nitrogens is 4. The number of aryl methyl sites for hydroxylation is 1. The van der Waals surface area contributed by atoms with Crippen molar-refractivity contribution < 1.29 is 22.3 Å². The Morgan fingerprint density at radius 3 is 2.51 bits per heavy atom. The topological polar surface area (TPSA) is 116 Å². The number of methoxy groups -OCH3 is 1. The van der Waals surface area contributed by atoms with Crippen LogP contribution in [0.15, 0.2) is 60.0 Å². The van der Waals surface area contributed by atoms with Crippen molar-refractivity contribution in [2.24, 2.45) is 17.8 Å². The van der Waals surface area contributed by atoms with Crippen LogP contribution in [-0.2, 0) is 19.6 Å². The minimum atomic E-state index is -4.02. The zero-order valence-corrected chi connectivity index (χ0v) is 22.4. The summed E-state index contributed by atoms with van der Waals surface area (Å²) >= 11 is 0. The van der Waals surface area contributed by atoms with Crippen LogP contribution >= 0.6 is 0 Å². The zero-order chi connectivity index (χ0) is 27.3. The van der Waals surface area contributed by atoms with Gasteiger partial charge in [0, 0.05) is 23.2 Å². The molecular weight excluding hydrogens is 521 g/mol. The molecular formula is C28H28FN5O4S. The average molecular weight is 550 g/mol. The predicted octanol–water partition coefficient (Wildman–Crippen LogP) is 4.57. The summed E-state index contributed by atoms with van der Waals surface area (Å²) in [5.74, 6) is -0.0782. The SMILES string of the molecule is COC(=O)[C@H]1C2CCC(CC2)[C@@H]1Nc1cncc(-c2cn(S(=O)(=O)c3ccc(C)cc3)c3ncc(F)cc23)n1. The van der Waals surface area contributed by atoms with E-state index in [1.807, 2.05) is 6.92 Å². The van der Waals surface area contributed by atoms with Gasteiger partial charge in [0.05, 0.1) is 42.2 Å². The monoisotopic (exact) mass is 549 g/mol. The molecule has 2 atom stereocenters. The van der Waals surface area contributed by atoms with Crippen molar-refractivity contribution in [1.82, 2.24) is 18.9 Å². The standard InChI is InChI=1S/C28H28FN5O4S/c1-16-3-9-20(10-4-16)39(36,37)34-15-22(21-11-19(29)12-31-27(21)34)23-13-30-14-24(32-23)33-26-18-7-5-17(6-8-18)25(26)28(35)38-2/h3-4,9-15,17-18,25-26H,5-8H2,1-2H3,(H,32,33)/t17?,18?,25-,26-/m0/s1. The number of fused-ring (bicyclic) bond motifs is 4. The molecule has 0 aliphatic heterocycles. The third kappa shape index (κ3) is 4.44. The van der Waals surface area contributed by atoms with E-state index in [1.165, 1.54) is 37.7 Å². The maximum atomic E-state index is 14.3. The van der Waals surface area contributed by atoms with Crippen molar-refractivity contribution in [2.75, 3.05) is 12.4 Å². The number of hydrogen-bond acceptors (Lipinski definition) is 8. The maximum absolute atomic E-state index is 14.3. The Morgan fingerprint density at radius 2 is 1.79 bits per heavy atom. The van der Waals surface area contributed by atoms with E-state index in [-0.39, 0.29) is 34.4 Å². The molecule has 3 fully saturated rings. The lowest BCUT2D eigenvalue weighted by Crippen LogP contribution is -2.51. The molecule has 202 valence electrons. The molecule has 0 unspecified atom stereocenters. The summed E-state index contributed by atoms with van der Waals surface area (Å²) in [6.45, 7) is 1.87. The number of anilines is 1. The number of carbonyl (C=O) groups is 1. The molecule has 2 bridgehead atoms. The lowest BCUT2D eigenvalue weighted by molar-refractivity contribution is -0.152. The number of rotatable bonds is 6. The fourth-order valence-corrected chi connectivity index (χ4v) is 7.46. The summed E-state index contributed by atoms with van der Waals surface area (Å²) in [6, 6.07) is 7.59. The van der Waals surface area contributed by atoms with Gasteiger partial charge < -0.3 is 10.1 Å². The molecule has 3 aliphatic carbocycles. The normalized spacial score (nSPS) is 22.6. The molecule has 1 aromatic carbocycles. The highest BCUT2D eigenvalue weighted by Crippen LogP contribution is 2.46. The van der Waals surface area contributed by atoms with Gasteiger partial charge in [0.1, 0.15) is 11.6 Å². The van der Waals surface area contributed by atoms with Gasteiger partial charge >= 0.3 is 5.97 Å². The van der Waals surface area contributed by atoms with Crippen LogP contribution < -0.4 is 5.32 Å². The van der Waals surface area contributed by atoms with Crippen molar-refractivity contribution in [1.29, 1.82) is 0 Å². The van der Waals surface area contributed by atoms with Gasteiger partial charge in [0.25, 0.3) is 10.0 Å². The molecule has 3 aliphatic rings. The highest BCUT2D eigenvalue weighted by molar-refractivity contribution is 7.90. The molecule has 3 heterocycles. The number of ether oxygens (including phenoxy) is 1. The second-order valence-electron chi connectivity index (χ2n) is 10.4. The molecule has 4 aromatic rings. The molecule has 7 rings (SSSR count). The smallest absolute Gasteiger partial charge is 0.311 e. The molecule has 11 heteroatoms. The molecule has 0 amide bonds. The van der Waals surface area contributed by atoms with Gasteiger partial charge in [-0.15, -0.1) is 0 Å². The number of pyridine rings is 1. The molecule has 3 aromatic heterocycles. The molecule has 0 spiro atoms. The number of esters is 1. The molecule has 39 heavy (non-hydrogen) atoms. The van der Waals surface area contributed by atoms with Crippen LogP contribution in [0.1, 0.15) is 31.2 Å². The first-order valence-electron chi connectivity index (χ1n) is 12.9. The predicted molar refractivity (Wildman–Crippen MR) is 143 cm³/mol. The van der Waals surface area contributed by atoms with Gasteiger partial charge in [0.2, 0.25) is 0 Å². The van der Waals surface area contributed by atoms with E-state index in [0.29, 0.717) is 28.4 Å². The lowest BCUT2D eigenvalue weighted by Gasteiger charge is -2.47. The van der Waals surface area contributed by atoms with Crippen LogP contribution in [0.3, 0.4) is 0 Å². The fourth-order valence-electron chi connectivity index (χ4n) is 6.13. The largest absolute Gasteiger partial charge is 0.469 e. The van der Waals surface area contributed by atoms with Gasteiger partial charge in [0.15, 0.2) is 5.65 Å². The number of hydrogen-bond donors (Lipinski definition) is 1. The van der Waals surface area contributed by atoms with Crippen molar-refractivity contribution in [2.45, 2.75) is 43.5 Å². The van der Waals surface area contributed by atoms with E-state index >= 15 is 0 Å². The van der Waals surface area contributed by atoms with E-state index < -0.39 is 15.8 Å². The summed E-state index contributed by atoms with van der Waals surface area (Å²) in [6.07, 6.45) is 9.52. The van der Waals surface area contributed by atoms with Gasteiger partial charge in [-0.2, -0.15) is 0 Å². The van der Waals surface area contributed by atoms with Crippen molar-refractivity contribution in [3.05, 3.63) is 66.5 Å². The Hall–Kier alpha value is -3.86. The Balaban J connectivity index is 1.41. The molecule has 9 nitrogen and oxygen atoms in total. The number of halogens is 1. The summed E-state index contributed by atoms with van der Waals surface area (Å²) in [4.78, 5) is 25.9. The molecule has 0 saturated heterocycles. The number of nitrogens with one attached hydrogen (secondary N) is 1. The van der Waals surface area contributed by atoms with E-state index in [9.17, 15) is 17.6 Å². The second kappa shape index (κ2) is 9.71. The number of nitrogens with zero attached hydrogens (tertiary/aromatic N) is 4. The second-order valence-corrected chi connectivity index (χ2v) is 12.2. The van der Waals surface area contributed by atoms with Crippen molar-refractivity contribution in [3.63, 3.8) is 0 Å². The maximum Gasteiger partial charge on any atom is 0.311 e. The molecule has 0 radical (unpaired) electrons. The van der Waals surface area contributed by atoms with Crippen LogP contribution in [0.25, 0.3) is 22.3 Å². The van der Waals surface area contributed by atoms with Crippen LogP contribution in [0, 0.1) is 30.5 Å².